The van der Waals surface area contributed by atoms with Gasteiger partial charge >= 0.3 is 0 Å². The minimum absolute atomic E-state index is 0.0706. The molecule has 126 valence electrons. The number of aldehydes is 1. The first-order valence-corrected chi connectivity index (χ1v) is 8.13. The molecular formula is C16H17B3ClNO4. The number of nitrogens with zero attached hydrogens (tertiary/aromatic N) is 1. The lowest BCUT2D eigenvalue weighted by Crippen LogP contribution is -2.26. The van der Waals surface area contributed by atoms with E-state index in [0.29, 0.717) is 33.7 Å². The molecule has 0 aliphatic rings. The van der Waals surface area contributed by atoms with Gasteiger partial charge in [-0.05, 0) is 23.8 Å². The molecule has 25 heavy (non-hydrogen) atoms. The molecule has 0 aliphatic heterocycles. The van der Waals surface area contributed by atoms with Crippen LogP contribution in [0.3, 0.4) is 0 Å². The molecule has 0 radical (unpaired) electrons. The number of benzene rings is 1. The normalized spacial score (nSPS) is 11.1. The third-order valence-electron chi connectivity index (χ3n) is 3.78. The lowest BCUT2D eigenvalue weighted by Gasteiger charge is -2.20. The zero-order valence-electron chi connectivity index (χ0n) is 14.6. The molecule has 2 rings (SSSR count). The van der Waals surface area contributed by atoms with Crippen LogP contribution >= 0.6 is 11.6 Å². The second-order valence-electron chi connectivity index (χ2n) is 6.68. The monoisotopic (exact) mass is 355 g/mol. The Balaban J connectivity index is 2.76. The molecule has 1 aromatic carbocycles. The summed E-state index contributed by atoms with van der Waals surface area (Å²) in [6, 6.07) is 6.29. The zero-order chi connectivity index (χ0) is 18.8. The van der Waals surface area contributed by atoms with Gasteiger partial charge in [0.25, 0.3) is 5.56 Å². The van der Waals surface area contributed by atoms with Gasteiger partial charge in [-0.2, -0.15) is 0 Å². The van der Waals surface area contributed by atoms with Crippen molar-refractivity contribution in [1.29, 1.82) is 0 Å². The number of hydrogen-bond acceptors (Lipinski definition) is 4. The molecule has 0 spiro atoms. The largest absolute Gasteiger partial charge is 0.495 e. The summed E-state index contributed by atoms with van der Waals surface area (Å²) in [5, 5.41) is -0.151. The lowest BCUT2D eigenvalue weighted by atomic mass is 9.40. The molecule has 0 bridgehead atoms. The fraction of sp³-hybridized carbons (Fsp3) is 0.188. The highest BCUT2D eigenvalue weighted by Gasteiger charge is 2.26. The van der Waals surface area contributed by atoms with Crippen molar-refractivity contribution < 1.29 is 14.3 Å². The number of aromatic nitrogens is 1. The average Bonchev–Trinajstić information content (AvgIpc) is 2.55. The quantitative estimate of drug-likeness (QED) is 0.399. The molecule has 0 fully saturated rings. The van der Waals surface area contributed by atoms with Crippen LogP contribution in [0.15, 0.2) is 35.3 Å². The van der Waals surface area contributed by atoms with Crippen molar-refractivity contribution in [3.05, 3.63) is 51.4 Å². The van der Waals surface area contributed by atoms with E-state index in [1.807, 2.05) is 23.5 Å². The summed E-state index contributed by atoms with van der Waals surface area (Å²) in [7, 11) is 6.94. The van der Waals surface area contributed by atoms with Gasteiger partial charge in [0.2, 0.25) is 0 Å². The topological polar surface area (TPSA) is 65.4 Å². The van der Waals surface area contributed by atoms with E-state index in [2.05, 4.69) is 0 Å². The maximum Gasteiger partial charge on any atom is 0.251 e. The summed E-state index contributed by atoms with van der Waals surface area (Å²) in [5.74, 6) is 0.310. The number of carbonyl (C=O) groups excluding carboxylic acids is 2. The number of hydrogen-bond donors (Lipinski definition) is 0. The molecule has 1 aromatic heterocycles. The van der Waals surface area contributed by atoms with Crippen molar-refractivity contribution in [2.75, 3.05) is 7.11 Å². The smallest absolute Gasteiger partial charge is 0.251 e. The predicted molar refractivity (Wildman–Crippen MR) is 106 cm³/mol. The van der Waals surface area contributed by atoms with Crippen LogP contribution in [0.25, 0.3) is 11.1 Å². The Hall–Kier alpha value is -2.21. The van der Waals surface area contributed by atoms with Crippen molar-refractivity contribution in [2.24, 2.45) is 0 Å². The lowest BCUT2D eigenvalue weighted by molar-refractivity contribution is -0.108. The fourth-order valence-electron chi connectivity index (χ4n) is 2.49. The van der Waals surface area contributed by atoms with Crippen LogP contribution in [0.1, 0.15) is 10.4 Å². The molecule has 0 amide bonds. The Labute approximate surface area is 153 Å². The van der Waals surface area contributed by atoms with Gasteiger partial charge in [-0.1, -0.05) is 16.7 Å². The number of carbonyl (C=O) groups is 2. The number of Topliss-reactive ketones (excluding diaryl/α,β-unsaturated/α-hetero) is 1. The van der Waals surface area contributed by atoms with E-state index in [0.717, 1.165) is 0 Å². The molecule has 0 aliphatic carbocycles. The summed E-state index contributed by atoms with van der Waals surface area (Å²) in [4.78, 5) is 35.8. The second-order valence-corrected chi connectivity index (χ2v) is 7.12. The van der Waals surface area contributed by atoms with Gasteiger partial charge in [-0.15, -0.1) is 0 Å². The highest BCUT2D eigenvalue weighted by Crippen LogP contribution is 2.35. The maximum absolute atomic E-state index is 12.8. The molecule has 0 unspecified atom stereocenters. The minimum Gasteiger partial charge on any atom is -0.495 e. The van der Waals surface area contributed by atoms with Crippen molar-refractivity contribution in [3.63, 3.8) is 0 Å². The van der Waals surface area contributed by atoms with Crippen molar-refractivity contribution in [1.82, 2.24) is 4.57 Å². The van der Waals surface area contributed by atoms with E-state index in [4.69, 9.17) is 16.3 Å². The summed E-state index contributed by atoms with van der Waals surface area (Å²) in [6.07, 6.45) is 2.09. The molecule has 1 heterocycles. The highest BCUT2D eigenvalue weighted by molar-refractivity contribution is 6.70. The van der Waals surface area contributed by atoms with E-state index >= 15 is 0 Å². The third kappa shape index (κ3) is 4.07. The Morgan fingerprint density at radius 1 is 1.28 bits per heavy atom. The zero-order valence-corrected chi connectivity index (χ0v) is 15.4. The van der Waals surface area contributed by atoms with Gasteiger partial charge in [0.1, 0.15) is 17.8 Å². The summed E-state index contributed by atoms with van der Waals surface area (Å²) in [5.41, 5.74) is 1.09. The Kier molecular flexibility index (Phi) is 5.63. The van der Waals surface area contributed by atoms with E-state index < -0.39 is 5.11 Å². The number of rotatable bonds is 6. The Bertz CT molecular complexity index is 890. The molecule has 0 saturated carbocycles. The van der Waals surface area contributed by atoms with Crippen LogP contribution < -0.4 is 10.3 Å². The first-order valence-electron chi connectivity index (χ1n) is 7.76. The molecule has 0 N–H and O–H groups in total. The van der Waals surface area contributed by atoms with Crippen molar-refractivity contribution in [2.45, 2.75) is 11.7 Å². The fourth-order valence-corrected chi connectivity index (χ4v) is 2.66. The van der Waals surface area contributed by atoms with Crippen molar-refractivity contribution in [3.8, 4) is 16.9 Å². The van der Waals surface area contributed by atoms with E-state index in [-0.39, 0.29) is 17.9 Å². The average molecular weight is 355 g/mol. The summed E-state index contributed by atoms with van der Waals surface area (Å²) >= 11 is 6.12. The number of halogens is 1. The Morgan fingerprint density at radius 3 is 2.52 bits per heavy atom. The van der Waals surface area contributed by atoms with Crippen LogP contribution in [-0.4, -0.2) is 47.3 Å². The van der Waals surface area contributed by atoms with Gasteiger partial charge in [-0.3, -0.25) is 9.59 Å². The molecule has 5 nitrogen and oxygen atoms in total. The number of ether oxygens (including phenoxy) is 1. The molecule has 0 saturated heterocycles. The van der Waals surface area contributed by atoms with Crippen molar-refractivity contribution >= 4 is 47.2 Å². The second kappa shape index (κ2) is 7.36. The van der Waals surface area contributed by atoms with Gasteiger partial charge in [0, 0.05) is 22.2 Å². The third-order valence-corrected chi connectivity index (χ3v) is 4.01. The molecule has 9 heteroatoms. The minimum atomic E-state index is -0.595. The summed E-state index contributed by atoms with van der Waals surface area (Å²) < 4.78 is 6.61. The van der Waals surface area contributed by atoms with Crippen LogP contribution in [0.2, 0.25) is 10.1 Å². The Morgan fingerprint density at radius 2 is 1.96 bits per heavy atom. The SMILES string of the molecule is BC(B)(B)C(=O)c1ccc(Cl)cc1-c1cc(=O)n(CC=O)cc1OC. The molecule has 2 aromatic rings. The summed E-state index contributed by atoms with van der Waals surface area (Å²) in [6.45, 7) is -0.0706. The van der Waals surface area contributed by atoms with Crippen LogP contribution in [-0.2, 0) is 11.3 Å². The van der Waals surface area contributed by atoms with Crippen LogP contribution in [0.4, 0.5) is 0 Å². The standard InChI is InChI=1S/C16H17B3ClNO4/c1-25-13-8-21(4-5-22)14(23)7-12(13)11-6-9(20)2-3-10(11)15(24)16(17,18)19/h2-3,5-8H,4,17-19H2,1H3. The first-order chi connectivity index (χ1) is 11.7. The maximum atomic E-state index is 12.8. The first kappa shape index (κ1) is 19.1. The molecular weight excluding hydrogens is 338 g/mol. The van der Waals surface area contributed by atoms with Gasteiger partial charge in [0.15, 0.2) is 0 Å². The van der Waals surface area contributed by atoms with Crippen LogP contribution in [0.5, 0.6) is 5.75 Å². The van der Waals surface area contributed by atoms with E-state index in [9.17, 15) is 14.4 Å². The van der Waals surface area contributed by atoms with Crippen LogP contribution in [0, 0.1) is 0 Å². The highest BCUT2D eigenvalue weighted by atomic mass is 35.5. The van der Waals surface area contributed by atoms with Gasteiger partial charge in [0.05, 0.1) is 43.4 Å². The molecule has 0 atom stereocenters. The van der Waals surface area contributed by atoms with E-state index in [1.165, 1.54) is 23.9 Å². The number of ketones is 1. The van der Waals surface area contributed by atoms with Gasteiger partial charge < -0.3 is 14.1 Å². The predicted octanol–water partition coefficient (Wildman–Crippen LogP) is -0.468. The number of methoxy groups -OCH3 is 1. The van der Waals surface area contributed by atoms with Gasteiger partial charge in [-0.25, -0.2) is 0 Å². The van der Waals surface area contributed by atoms with E-state index in [1.54, 1.807) is 18.2 Å². The number of pyridine rings is 1.